The molecule has 0 amide bonds. The van der Waals surface area contributed by atoms with E-state index in [0.29, 0.717) is 23.1 Å². The van der Waals surface area contributed by atoms with E-state index >= 15 is 0 Å². The maximum absolute atomic E-state index is 13.9. The zero-order valence-corrected chi connectivity index (χ0v) is 18.3. The molecule has 0 fully saturated rings. The molecule has 1 aliphatic heterocycles. The van der Waals surface area contributed by atoms with Gasteiger partial charge in [-0.3, -0.25) is 0 Å². The second kappa shape index (κ2) is 9.72. The van der Waals surface area contributed by atoms with E-state index in [-0.39, 0.29) is 0 Å². The minimum atomic E-state index is -2.63. The molecule has 0 saturated carbocycles. The first-order chi connectivity index (χ1) is 13.8. The number of ether oxygens (including phenoxy) is 1. The Hall–Kier alpha value is -2.63. The lowest BCUT2D eigenvalue weighted by Crippen LogP contribution is -2.25. The molecule has 3 nitrogen and oxygen atoms in total. The molecule has 154 valence electrons. The first-order valence-corrected chi connectivity index (χ1v) is 10.0. The normalized spacial score (nSPS) is 14.5. The van der Waals surface area contributed by atoms with Crippen LogP contribution in [-0.2, 0) is 0 Å². The fourth-order valence-corrected chi connectivity index (χ4v) is 3.74. The molecule has 0 radical (unpaired) electrons. The van der Waals surface area contributed by atoms with Gasteiger partial charge in [0.05, 0.1) is 7.11 Å². The summed E-state index contributed by atoms with van der Waals surface area (Å²) in [5.74, 6) is 1.07. The summed E-state index contributed by atoms with van der Waals surface area (Å²) in [6.45, 7) is 12.3. The van der Waals surface area contributed by atoms with E-state index in [2.05, 4.69) is 18.8 Å². The number of nitrogens with one attached hydrogen (secondary N) is 1. The van der Waals surface area contributed by atoms with E-state index in [1.165, 1.54) is 5.56 Å². The minimum Gasteiger partial charge on any atom is -0.497 e. The number of rotatable bonds is 5. The van der Waals surface area contributed by atoms with E-state index in [9.17, 15) is 8.63 Å². The van der Waals surface area contributed by atoms with Crippen LogP contribution < -0.4 is 4.74 Å². The van der Waals surface area contributed by atoms with Crippen LogP contribution in [0.25, 0.3) is 6.08 Å². The van der Waals surface area contributed by atoms with Gasteiger partial charge in [-0.15, -0.1) is 0 Å². The summed E-state index contributed by atoms with van der Waals surface area (Å²) in [6, 6.07) is 7.12. The number of aromatic nitrogens is 1. The van der Waals surface area contributed by atoms with Gasteiger partial charge in [0.2, 0.25) is 0 Å². The third-order valence-electron chi connectivity index (χ3n) is 4.93. The van der Waals surface area contributed by atoms with Gasteiger partial charge in [-0.25, -0.2) is 13.1 Å². The van der Waals surface area contributed by atoms with Crippen LogP contribution in [0, 0.1) is 13.8 Å². The molecule has 0 atom stereocenters. The third kappa shape index (κ3) is 4.69. The molecule has 1 aromatic heterocycles. The predicted molar refractivity (Wildman–Crippen MR) is 118 cm³/mol. The summed E-state index contributed by atoms with van der Waals surface area (Å²) in [4.78, 5) is 3.34. The number of hydrogen-bond donors (Lipinski definition) is 1. The molecule has 0 saturated heterocycles. The number of aryl methyl sites for hydroxylation is 1. The van der Waals surface area contributed by atoms with E-state index in [0.717, 1.165) is 27.0 Å². The zero-order chi connectivity index (χ0) is 21.7. The number of H-pyrrole nitrogens is 1. The molecule has 2 heterocycles. The Bertz CT molecular complexity index is 939. The van der Waals surface area contributed by atoms with Crippen molar-refractivity contribution in [3.8, 4) is 5.75 Å². The monoisotopic (exact) mass is 399 g/mol. The highest BCUT2D eigenvalue weighted by molar-refractivity contribution is 6.36. The first-order valence-electron chi connectivity index (χ1n) is 10.0. The number of methoxy groups -OCH3 is 1. The number of benzene rings is 1. The summed E-state index contributed by atoms with van der Waals surface area (Å²) >= 11 is 0. The van der Waals surface area contributed by atoms with Crippen molar-refractivity contribution in [2.45, 2.75) is 47.5 Å². The SMILES string of the molecule is CC.COc1ccc(C2=[N+](B(F)F)/C(=C\c3[nH]c(C)c(C(C)C)c3C)C=C2)cc1. The molecule has 0 spiro atoms. The second-order valence-corrected chi connectivity index (χ2v) is 7.02. The second-order valence-electron chi connectivity index (χ2n) is 7.02. The van der Waals surface area contributed by atoms with Gasteiger partial charge >= 0.3 is 7.40 Å². The zero-order valence-electron chi connectivity index (χ0n) is 18.3. The van der Waals surface area contributed by atoms with Gasteiger partial charge in [0.1, 0.15) is 5.75 Å². The van der Waals surface area contributed by atoms with Crippen LogP contribution in [0.3, 0.4) is 0 Å². The van der Waals surface area contributed by atoms with Gasteiger partial charge in [0.25, 0.3) is 0 Å². The van der Waals surface area contributed by atoms with E-state index in [1.54, 1.807) is 49.6 Å². The van der Waals surface area contributed by atoms with E-state index in [1.807, 2.05) is 27.7 Å². The van der Waals surface area contributed by atoms with Crippen molar-refractivity contribution in [2.24, 2.45) is 0 Å². The van der Waals surface area contributed by atoms with E-state index in [4.69, 9.17) is 4.74 Å². The van der Waals surface area contributed by atoms with Crippen molar-refractivity contribution < 1.29 is 17.9 Å². The van der Waals surface area contributed by atoms with Crippen LogP contribution in [0.1, 0.15) is 61.7 Å². The van der Waals surface area contributed by atoms with Gasteiger partial charge in [0, 0.05) is 35.2 Å². The molecular formula is C23H30BF2N2O+. The lowest BCUT2D eigenvalue weighted by Gasteiger charge is -2.05. The van der Waals surface area contributed by atoms with Crippen LogP contribution in [0.5, 0.6) is 5.75 Å². The molecule has 6 heteroatoms. The van der Waals surface area contributed by atoms with Gasteiger partial charge in [-0.05, 0) is 55.2 Å². The lowest BCUT2D eigenvalue weighted by atomic mass is 9.98. The van der Waals surface area contributed by atoms with Crippen LogP contribution in [0.4, 0.5) is 8.63 Å². The molecule has 2 aromatic rings. The Morgan fingerprint density at radius 3 is 2.17 bits per heavy atom. The van der Waals surface area contributed by atoms with Crippen molar-refractivity contribution in [1.29, 1.82) is 0 Å². The van der Waals surface area contributed by atoms with Crippen molar-refractivity contribution >= 4 is 19.2 Å². The smallest absolute Gasteiger partial charge is 0.497 e. The number of halogens is 2. The fourth-order valence-electron chi connectivity index (χ4n) is 3.74. The molecule has 29 heavy (non-hydrogen) atoms. The van der Waals surface area contributed by atoms with Crippen LogP contribution >= 0.6 is 0 Å². The first kappa shape index (κ1) is 22.7. The summed E-state index contributed by atoms with van der Waals surface area (Å²) in [5, 5.41) is 0. The number of hydrogen-bond acceptors (Lipinski definition) is 1. The van der Waals surface area contributed by atoms with Crippen molar-refractivity contribution in [3.05, 3.63) is 70.2 Å². The third-order valence-corrected chi connectivity index (χ3v) is 4.93. The van der Waals surface area contributed by atoms with Gasteiger partial charge in [-0.2, -0.15) is 0 Å². The molecular weight excluding hydrogens is 369 g/mol. The maximum Gasteiger partial charge on any atom is 0.935 e. The molecule has 0 aliphatic carbocycles. The number of allylic oxidation sites excluding steroid dienone is 2. The largest absolute Gasteiger partial charge is 0.935 e. The molecule has 0 unspecified atom stereocenters. The van der Waals surface area contributed by atoms with Crippen LogP contribution in [0.15, 0.2) is 42.1 Å². The average Bonchev–Trinajstić information content (AvgIpc) is 3.24. The Kier molecular flexibility index (Phi) is 7.60. The quantitative estimate of drug-likeness (QED) is 0.603. The van der Waals surface area contributed by atoms with Crippen LogP contribution in [-0.4, -0.2) is 29.7 Å². The Balaban J connectivity index is 0.00000145. The Morgan fingerprint density at radius 2 is 1.69 bits per heavy atom. The topological polar surface area (TPSA) is 28.0 Å². The summed E-state index contributed by atoms with van der Waals surface area (Å²) < 4.78 is 34.0. The lowest BCUT2D eigenvalue weighted by molar-refractivity contribution is -0.339. The van der Waals surface area contributed by atoms with Crippen LogP contribution in [0.2, 0.25) is 0 Å². The number of nitrogens with zero attached hydrogens (tertiary/aromatic N) is 1. The summed E-state index contributed by atoms with van der Waals surface area (Å²) in [6.07, 6.45) is 5.26. The highest BCUT2D eigenvalue weighted by atomic mass is 19.2. The molecule has 1 aliphatic rings. The number of aromatic amines is 1. The van der Waals surface area contributed by atoms with E-state index < -0.39 is 7.40 Å². The van der Waals surface area contributed by atoms with Crippen molar-refractivity contribution in [2.75, 3.05) is 7.11 Å². The highest BCUT2D eigenvalue weighted by Crippen LogP contribution is 2.28. The van der Waals surface area contributed by atoms with Crippen molar-refractivity contribution in [1.82, 2.24) is 4.98 Å². The molecule has 0 bridgehead atoms. The standard InChI is InChI=1S/C21H23BF2N2O.C2H6/c1-13(2)21-14(3)19(25-15(21)4)12-17-8-11-20(26(17)22(23)24)16-6-9-18(27-5)10-7-16;1-2/h6-13H,1-5H3;1-2H3/p+1. The Morgan fingerprint density at radius 1 is 1.07 bits per heavy atom. The fraction of sp³-hybridized carbons (Fsp3) is 0.348. The minimum absolute atomic E-state index is 0.375. The van der Waals surface area contributed by atoms with Gasteiger partial charge < -0.3 is 9.72 Å². The summed E-state index contributed by atoms with van der Waals surface area (Å²) in [5.41, 5.74) is 5.97. The molecule has 1 aromatic carbocycles. The highest BCUT2D eigenvalue weighted by Gasteiger charge is 2.42. The van der Waals surface area contributed by atoms with Gasteiger partial charge in [-0.1, -0.05) is 27.7 Å². The predicted octanol–water partition coefficient (Wildman–Crippen LogP) is 6.13. The summed E-state index contributed by atoms with van der Waals surface area (Å²) in [7, 11) is -1.06. The Labute approximate surface area is 173 Å². The molecule has 1 N–H and O–H groups in total. The van der Waals surface area contributed by atoms with Gasteiger partial charge in [0.15, 0.2) is 11.4 Å². The molecule has 3 rings (SSSR count). The average molecular weight is 399 g/mol. The van der Waals surface area contributed by atoms with Crippen molar-refractivity contribution in [3.63, 3.8) is 0 Å². The maximum atomic E-state index is 13.9.